The second-order valence-corrected chi connectivity index (χ2v) is 8.28. The number of anilines is 3. The third-order valence-electron chi connectivity index (χ3n) is 5.62. The van der Waals surface area contributed by atoms with Gasteiger partial charge in [0.25, 0.3) is 0 Å². The molecule has 1 aromatic carbocycles. The number of morpholine rings is 1. The molecule has 0 radical (unpaired) electrons. The van der Waals surface area contributed by atoms with E-state index in [0.717, 1.165) is 22.5 Å². The molecule has 0 unspecified atom stereocenters. The largest absolute Gasteiger partial charge is 0.392 e. The molecule has 1 saturated heterocycles. The van der Waals surface area contributed by atoms with Crippen molar-refractivity contribution in [3.8, 4) is 22.5 Å². The Bertz CT molecular complexity index is 1290. The third-order valence-corrected chi connectivity index (χ3v) is 5.98. The van der Waals surface area contributed by atoms with Crippen LogP contribution in [0.2, 0.25) is 5.02 Å². The first-order chi connectivity index (χ1) is 16.6. The molecule has 10 heteroatoms. The molecular formula is C24H24ClN7O2. The number of nitrogens with zero attached hydrogens (tertiary/aromatic N) is 6. The fraction of sp³-hybridized carbons (Fsp3) is 0.250. The van der Waals surface area contributed by atoms with Crippen molar-refractivity contribution in [3.05, 3.63) is 65.6 Å². The summed E-state index contributed by atoms with van der Waals surface area (Å²) in [5.41, 5.74) is 4.50. The Kier molecular flexibility index (Phi) is 6.39. The Morgan fingerprint density at radius 3 is 2.59 bits per heavy atom. The van der Waals surface area contributed by atoms with Crippen LogP contribution in [0.4, 0.5) is 17.5 Å². The Morgan fingerprint density at radius 1 is 1.09 bits per heavy atom. The van der Waals surface area contributed by atoms with Gasteiger partial charge in [0.15, 0.2) is 5.82 Å². The van der Waals surface area contributed by atoms with Crippen molar-refractivity contribution in [2.24, 2.45) is 7.05 Å². The molecule has 3 aromatic heterocycles. The van der Waals surface area contributed by atoms with E-state index in [1.165, 1.54) is 0 Å². The Hall–Kier alpha value is -3.53. The van der Waals surface area contributed by atoms with Gasteiger partial charge in [-0.15, -0.1) is 0 Å². The smallest absolute Gasteiger partial charge is 0.228 e. The lowest BCUT2D eigenvalue weighted by Gasteiger charge is -2.28. The molecule has 2 N–H and O–H groups in total. The average Bonchev–Trinajstić information content (AvgIpc) is 3.32. The summed E-state index contributed by atoms with van der Waals surface area (Å²) in [5.74, 6) is 1.03. The highest BCUT2D eigenvalue weighted by Crippen LogP contribution is 2.38. The Morgan fingerprint density at radius 2 is 1.88 bits per heavy atom. The summed E-state index contributed by atoms with van der Waals surface area (Å²) < 4.78 is 7.25. The topological polar surface area (TPSA) is 101 Å². The van der Waals surface area contributed by atoms with Crippen molar-refractivity contribution in [2.45, 2.75) is 6.61 Å². The van der Waals surface area contributed by atoms with Crippen molar-refractivity contribution in [1.29, 1.82) is 0 Å². The molecule has 0 saturated carbocycles. The number of benzene rings is 1. The van der Waals surface area contributed by atoms with Crippen LogP contribution in [0.25, 0.3) is 22.5 Å². The van der Waals surface area contributed by atoms with Crippen LogP contribution in [-0.4, -0.2) is 56.1 Å². The number of halogens is 1. The minimum absolute atomic E-state index is 0.155. The van der Waals surface area contributed by atoms with Crippen molar-refractivity contribution in [2.75, 3.05) is 36.5 Å². The van der Waals surface area contributed by atoms with Gasteiger partial charge in [-0.25, -0.2) is 4.98 Å². The fourth-order valence-electron chi connectivity index (χ4n) is 3.84. The molecule has 174 valence electrons. The first kappa shape index (κ1) is 22.3. The van der Waals surface area contributed by atoms with E-state index >= 15 is 0 Å². The molecule has 0 spiro atoms. The monoisotopic (exact) mass is 477 g/mol. The molecule has 1 aliphatic rings. The van der Waals surface area contributed by atoms with E-state index in [-0.39, 0.29) is 6.61 Å². The minimum Gasteiger partial charge on any atom is -0.392 e. The molecule has 34 heavy (non-hydrogen) atoms. The lowest BCUT2D eigenvalue weighted by Crippen LogP contribution is -2.37. The maximum atomic E-state index is 10.1. The third kappa shape index (κ3) is 4.58. The molecule has 0 aliphatic carbocycles. The number of hydrogen-bond donors (Lipinski definition) is 2. The van der Waals surface area contributed by atoms with Gasteiger partial charge in [0.05, 0.1) is 31.2 Å². The molecule has 4 aromatic rings. The number of rotatable bonds is 6. The second-order valence-electron chi connectivity index (χ2n) is 7.90. The normalized spacial score (nSPS) is 13.8. The van der Waals surface area contributed by atoms with Gasteiger partial charge in [-0.1, -0.05) is 23.7 Å². The number of aliphatic hydroxyl groups excluding tert-OH is 1. The van der Waals surface area contributed by atoms with Crippen molar-refractivity contribution in [1.82, 2.24) is 24.7 Å². The maximum absolute atomic E-state index is 10.1. The van der Waals surface area contributed by atoms with Crippen molar-refractivity contribution in [3.63, 3.8) is 0 Å². The van der Waals surface area contributed by atoms with Crippen LogP contribution in [0, 0.1) is 0 Å². The lowest BCUT2D eigenvalue weighted by molar-refractivity contribution is 0.122. The molecule has 0 atom stereocenters. The summed E-state index contributed by atoms with van der Waals surface area (Å²) in [6.07, 6.45) is 5.28. The minimum atomic E-state index is -0.155. The summed E-state index contributed by atoms with van der Waals surface area (Å²) >= 11 is 6.89. The van der Waals surface area contributed by atoms with Gasteiger partial charge in [-0.2, -0.15) is 10.1 Å². The van der Waals surface area contributed by atoms with Crippen LogP contribution in [0.15, 0.2) is 55.0 Å². The molecule has 0 bridgehead atoms. The predicted octanol–water partition coefficient (Wildman–Crippen LogP) is 3.67. The van der Waals surface area contributed by atoms with Gasteiger partial charge < -0.3 is 20.1 Å². The number of nitrogens with one attached hydrogen (secondary N) is 1. The van der Waals surface area contributed by atoms with Crippen LogP contribution < -0.4 is 10.2 Å². The molecule has 9 nitrogen and oxygen atoms in total. The standard InChI is InChI=1S/C24H24ClN7O2/c1-31-9-6-20(30-31)16-2-3-17(15-33)19(14-16)22-21(25)23(27-18-4-7-26-8-5-18)29-24(28-22)32-10-12-34-13-11-32/h2-9,14,33H,10-13,15H2,1H3,(H,26,27,28,29). The zero-order valence-corrected chi connectivity index (χ0v) is 19.4. The van der Waals surface area contributed by atoms with E-state index in [0.29, 0.717) is 54.3 Å². The first-order valence-electron chi connectivity index (χ1n) is 10.9. The van der Waals surface area contributed by atoms with E-state index in [2.05, 4.69) is 20.3 Å². The summed E-state index contributed by atoms with van der Waals surface area (Å²) in [5, 5.41) is 18.3. The van der Waals surface area contributed by atoms with Gasteiger partial charge in [0.2, 0.25) is 5.95 Å². The van der Waals surface area contributed by atoms with Crippen molar-refractivity contribution >= 4 is 29.1 Å². The average molecular weight is 478 g/mol. The quantitative estimate of drug-likeness (QED) is 0.434. The van der Waals surface area contributed by atoms with E-state index in [9.17, 15) is 5.11 Å². The maximum Gasteiger partial charge on any atom is 0.228 e. The van der Waals surface area contributed by atoms with E-state index < -0.39 is 0 Å². The first-order valence-corrected chi connectivity index (χ1v) is 11.3. The molecule has 1 aliphatic heterocycles. The SMILES string of the molecule is Cn1ccc(-c2ccc(CO)c(-c3nc(N4CCOCC4)nc(Nc4ccncc4)c3Cl)c2)n1. The highest BCUT2D eigenvalue weighted by atomic mass is 35.5. The summed E-state index contributed by atoms with van der Waals surface area (Å²) in [7, 11) is 1.87. The summed E-state index contributed by atoms with van der Waals surface area (Å²) in [6, 6.07) is 11.4. The Labute approximate surface area is 202 Å². The fourth-order valence-corrected chi connectivity index (χ4v) is 4.07. The lowest BCUT2D eigenvalue weighted by atomic mass is 9.99. The number of ether oxygens (including phenoxy) is 1. The van der Waals surface area contributed by atoms with E-state index in [1.807, 2.05) is 49.6 Å². The molecular weight excluding hydrogens is 454 g/mol. The highest BCUT2D eigenvalue weighted by Gasteiger charge is 2.22. The van der Waals surface area contributed by atoms with Crippen LogP contribution in [-0.2, 0) is 18.4 Å². The molecule has 5 rings (SSSR count). The van der Waals surface area contributed by atoms with E-state index in [1.54, 1.807) is 17.1 Å². The van der Waals surface area contributed by atoms with Crippen LogP contribution in [0.3, 0.4) is 0 Å². The molecule has 1 fully saturated rings. The number of pyridine rings is 1. The van der Waals surface area contributed by atoms with Crippen molar-refractivity contribution < 1.29 is 9.84 Å². The number of aliphatic hydroxyl groups is 1. The summed E-state index contributed by atoms with van der Waals surface area (Å²) in [4.78, 5) is 15.7. The van der Waals surface area contributed by atoms with Gasteiger partial charge in [-0.3, -0.25) is 9.67 Å². The zero-order valence-electron chi connectivity index (χ0n) is 18.6. The highest BCUT2D eigenvalue weighted by molar-refractivity contribution is 6.35. The Balaban J connectivity index is 1.65. The number of hydrogen-bond acceptors (Lipinski definition) is 8. The molecule has 0 amide bonds. The summed E-state index contributed by atoms with van der Waals surface area (Å²) in [6.45, 7) is 2.41. The van der Waals surface area contributed by atoms with E-state index in [4.69, 9.17) is 26.3 Å². The van der Waals surface area contributed by atoms with Crippen LogP contribution in [0.5, 0.6) is 0 Å². The van der Waals surface area contributed by atoms with Gasteiger partial charge in [-0.05, 0) is 29.8 Å². The number of aromatic nitrogens is 5. The molecule has 4 heterocycles. The van der Waals surface area contributed by atoms with Gasteiger partial charge in [0.1, 0.15) is 5.02 Å². The van der Waals surface area contributed by atoms with Gasteiger partial charge >= 0.3 is 0 Å². The van der Waals surface area contributed by atoms with Gasteiger partial charge in [0, 0.05) is 55.5 Å². The van der Waals surface area contributed by atoms with Crippen LogP contribution in [0.1, 0.15) is 5.56 Å². The number of aryl methyl sites for hydroxylation is 1. The van der Waals surface area contributed by atoms with Crippen LogP contribution >= 0.6 is 11.6 Å². The second kappa shape index (κ2) is 9.76. The zero-order chi connectivity index (χ0) is 23.5. The predicted molar refractivity (Wildman–Crippen MR) is 131 cm³/mol.